The molecule has 1 amide bonds. The van der Waals surface area contributed by atoms with Crippen molar-refractivity contribution in [3.63, 3.8) is 0 Å². The van der Waals surface area contributed by atoms with Crippen LogP contribution in [0.2, 0.25) is 0 Å². The first-order chi connectivity index (χ1) is 7.22. The molecule has 0 unspecified atom stereocenters. The third kappa shape index (κ3) is 2.08. The number of hydrogen-bond donors (Lipinski definition) is 1. The lowest BCUT2D eigenvalue weighted by molar-refractivity contribution is 0.140. The minimum Gasteiger partial charge on any atom is -0.465 e. The maximum atomic E-state index is 10.9. The van der Waals surface area contributed by atoms with Crippen LogP contribution < -0.4 is 0 Å². The molecule has 4 nitrogen and oxygen atoms in total. The summed E-state index contributed by atoms with van der Waals surface area (Å²) in [5.74, 6) is 0.385. The fourth-order valence-electron chi connectivity index (χ4n) is 1.79. The van der Waals surface area contributed by atoms with Crippen molar-refractivity contribution in [2.45, 2.75) is 24.8 Å². The second-order valence-corrected chi connectivity index (χ2v) is 4.60. The summed E-state index contributed by atoms with van der Waals surface area (Å²) in [6.45, 7) is 0.607. The molecule has 1 aromatic heterocycles. The van der Waals surface area contributed by atoms with Crippen LogP contribution in [-0.2, 0) is 5.88 Å². The molecule has 1 aliphatic heterocycles. The van der Waals surface area contributed by atoms with Crippen LogP contribution >= 0.6 is 22.9 Å². The number of carbonyl (C=O) groups is 1. The Bertz CT molecular complexity index is 369. The molecule has 1 N–H and O–H groups in total. The molecule has 0 aromatic carbocycles. The van der Waals surface area contributed by atoms with Gasteiger partial charge in [-0.2, -0.15) is 0 Å². The highest BCUT2D eigenvalue weighted by Gasteiger charge is 2.31. The van der Waals surface area contributed by atoms with E-state index >= 15 is 0 Å². The molecule has 1 atom stereocenters. The number of amides is 1. The summed E-state index contributed by atoms with van der Waals surface area (Å²) in [6.07, 6.45) is 0.911. The minimum atomic E-state index is -0.861. The Balaban J connectivity index is 2.18. The summed E-state index contributed by atoms with van der Waals surface area (Å²) >= 11 is 7.15. The number of hydrogen-bond acceptors (Lipinski definition) is 3. The molecule has 15 heavy (non-hydrogen) atoms. The molecular weight excluding hydrogens is 236 g/mol. The summed E-state index contributed by atoms with van der Waals surface area (Å²) in [6, 6.07) is -0.0653. The van der Waals surface area contributed by atoms with Gasteiger partial charge in [0.05, 0.1) is 17.6 Å². The van der Waals surface area contributed by atoms with E-state index in [0.29, 0.717) is 12.4 Å². The second-order valence-electron chi connectivity index (χ2n) is 3.44. The number of likely N-dealkylation sites (tertiary alicyclic amines) is 1. The average molecular weight is 247 g/mol. The van der Waals surface area contributed by atoms with Gasteiger partial charge in [-0.05, 0) is 12.8 Å². The molecule has 1 aliphatic rings. The SMILES string of the molecule is O=C(O)N1CCC[C@@H]1c1nc(CCl)cs1. The van der Waals surface area contributed by atoms with E-state index in [2.05, 4.69) is 4.98 Å². The average Bonchev–Trinajstić information content (AvgIpc) is 2.85. The molecule has 82 valence electrons. The topological polar surface area (TPSA) is 53.4 Å². The van der Waals surface area contributed by atoms with E-state index in [-0.39, 0.29) is 6.04 Å². The standard InChI is InChI=1S/C9H11ClN2O2S/c10-4-6-5-15-8(11-6)7-2-1-3-12(7)9(13)14/h5,7H,1-4H2,(H,13,14)/t7-/m1/s1. The van der Waals surface area contributed by atoms with E-state index in [4.69, 9.17) is 16.7 Å². The molecule has 1 fully saturated rings. The van der Waals surface area contributed by atoms with E-state index in [0.717, 1.165) is 23.5 Å². The van der Waals surface area contributed by atoms with E-state index in [1.807, 2.05) is 5.38 Å². The lowest BCUT2D eigenvalue weighted by Crippen LogP contribution is -2.28. The highest BCUT2D eigenvalue weighted by Crippen LogP contribution is 2.33. The molecular formula is C9H11ClN2O2S. The van der Waals surface area contributed by atoms with Crippen molar-refractivity contribution in [2.75, 3.05) is 6.54 Å². The predicted octanol–water partition coefficient (Wildman–Crippen LogP) is 2.70. The Morgan fingerprint density at radius 3 is 3.20 bits per heavy atom. The number of halogens is 1. The van der Waals surface area contributed by atoms with Crippen molar-refractivity contribution in [3.8, 4) is 0 Å². The summed E-state index contributed by atoms with van der Waals surface area (Å²) in [5.41, 5.74) is 0.828. The van der Waals surface area contributed by atoms with Gasteiger partial charge in [-0.15, -0.1) is 22.9 Å². The quantitative estimate of drug-likeness (QED) is 0.817. The zero-order valence-corrected chi connectivity index (χ0v) is 9.59. The Hall–Kier alpha value is -0.810. The van der Waals surface area contributed by atoms with Gasteiger partial charge in [-0.25, -0.2) is 9.78 Å². The molecule has 0 bridgehead atoms. The van der Waals surface area contributed by atoms with Gasteiger partial charge in [0.15, 0.2) is 0 Å². The van der Waals surface area contributed by atoms with Crippen molar-refractivity contribution in [3.05, 3.63) is 16.1 Å². The number of alkyl halides is 1. The number of thiazole rings is 1. The van der Waals surface area contributed by atoms with Gasteiger partial charge in [-0.3, -0.25) is 4.90 Å². The number of aromatic nitrogens is 1. The second kappa shape index (κ2) is 4.37. The van der Waals surface area contributed by atoms with Gasteiger partial charge in [0.25, 0.3) is 0 Å². The summed E-state index contributed by atoms with van der Waals surface area (Å²) in [7, 11) is 0. The van der Waals surface area contributed by atoms with Gasteiger partial charge >= 0.3 is 6.09 Å². The highest BCUT2D eigenvalue weighted by molar-refractivity contribution is 7.09. The van der Waals surface area contributed by atoms with Gasteiger partial charge in [0.2, 0.25) is 0 Å². The summed E-state index contributed by atoms with van der Waals surface area (Å²) in [4.78, 5) is 16.7. The molecule has 2 heterocycles. The van der Waals surface area contributed by atoms with E-state index in [1.54, 1.807) is 0 Å². The Morgan fingerprint density at radius 1 is 1.80 bits per heavy atom. The monoisotopic (exact) mass is 246 g/mol. The van der Waals surface area contributed by atoms with Crippen LogP contribution in [0.1, 0.15) is 29.6 Å². The van der Waals surface area contributed by atoms with Crippen molar-refractivity contribution in [1.29, 1.82) is 0 Å². The van der Waals surface area contributed by atoms with E-state index < -0.39 is 6.09 Å². The molecule has 2 rings (SSSR count). The van der Waals surface area contributed by atoms with Gasteiger partial charge in [-0.1, -0.05) is 0 Å². The molecule has 0 spiro atoms. The van der Waals surface area contributed by atoms with Gasteiger partial charge in [0.1, 0.15) is 5.01 Å². The number of rotatable bonds is 2. The third-order valence-corrected chi connectivity index (χ3v) is 3.76. The van der Waals surface area contributed by atoms with Crippen molar-refractivity contribution >= 4 is 29.0 Å². The zero-order chi connectivity index (χ0) is 10.8. The zero-order valence-electron chi connectivity index (χ0n) is 8.02. The van der Waals surface area contributed by atoms with Crippen molar-refractivity contribution < 1.29 is 9.90 Å². The van der Waals surface area contributed by atoms with Gasteiger partial charge in [0, 0.05) is 11.9 Å². The van der Waals surface area contributed by atoms with Crippen LogP contribution in [0.4, 0.5) is 4.79 Å². The molecule has 6 heteroatoms. The first-order valence-corrected chi connectivity index (χ1v) is 6.13. The van der Waals surface area contributed by atoms with Crippen molar-refractivity contribution in [1.82, 2.24) is 9.88 Å². The highest BCUT2D eigenvalue weighted by atomic mass is 35.5. The Kier molecular flexibility index (Phi) is 3.11. The van der Waals surface area contributed by atoms with E-state index in [1.165, 1.54) is 16.2 Å². The number of nitrogens with zero attached hydrogens (tertiary/aromatic N) is 2. The van der Waals surface area contributed by atoms with Crippen LogP contribution in [0, 0.1) is 0 Å². The predicted molar refractivity (Wildman–Crippen MR) is 58.4 cm³/mol. The van der Waals surface area contributed by atoms with Crippen LogP contribution in [0.25, 0.3) is 0 Å². The molecule has 0 saturated carbocycles. The normalized spacial score (nSPS) is 20.9. The lowest BCUT2D eigenvalue weighted by atomic mass is 10.2. The Labute approximate surface area is 96.5 Å². The molecule has 0 radical (unpaired) electrons. The first kappa shape index (κ1) is 10.7. The van der Waals surface area contributed by atoms with E-state index in [9.17, 15) is 4.79 Å². The van der Waals surface area contributed by atoms with Gasteiger partial charge < -0.3 is 5.11 Å². The fraction of sp³-hybridized carbons (Fsp3) is 0.556. The smallest absolute Gasteiger partial charge is 0.407 e. The molecule has 1 aromatic rings. The Morgan fingerprint density at radius 2 is 2.60 bits per heavy atom. The first-order valence-electron chi connectivity index (χ1n) is 4.72. The van der Waals surface area contributed by atoms with Crippen molar-refractivity contribution in [2.24, 2.45) is 0 Å². The van der Waals surface area contributed by atoms with Crippen LogP contribution in [0.3, 0.4) is 0 Å². The van der Waals surface area contributed by atoms with Crippen LogP contribution in [0.15, 0.2) is 5.38 Å². The van der Waals surface area contributed by atoms with Crippen LogP contribution in [-0.4, -0.2) is 27.6 Å². The molecule has 0 aliphatic carbocycles. The summed E-state index contributed by atoms with van der Waals surface area (Å²) in [5, 5.41) is 11.7. The van der Waals surface area contributed by atoms with Crippen LogP contribution in [0.5, 0.6) is 0 Å². The number of carboxylic acid groups (broad SMARTS) is 1. The fourth-order valence-corrected chi connectivity index (χ4v) is 2.98. The third-order valence-electron chi connectivity index (χ3n) is 2.49. The summed E-state index contributed by atoms with van der Waals surface area (Å²) < 4.78 is 0. The maximum Gasteiger partial charge on any atom is 0.407 e. The minimum absolute atomic E-state index is 0.0653. The largest absolute Gasteiger partial charge is 0.465 e. The molecule has 1 saturated heterocycles. The lowest BCUT2D eigenvalue weighted by Gasteiger charge is -2.18. The maximum absolute atomic E-state index is 10.9.